The molecule has 2 saturated carbocycles. The largest absolute Gasteiger partial charge is 0.462 e. The van der Waals surface area contributed by atoms with Gasteiger partial charge in [0.25, 0.3) is 0 Å². The molecule has 2 fully saturated rings. The Labute approximate surface area is 126 Å². The molecule has 2 aliphatic rings. The van der Waals surface area contributed by atoms with Crippen LogP contribution >= 0.6 is 11.6 Å². The van der Waals surface area contributed by atoms with Gasteiger partial charge in [0.2, 0.25) is 5.24 Å². The van der Waals surface area contributed by atoms with Crippen molar-refractivity contribution in [1.29, 1.82) is 0 Å². The van der Waals surface area contributed by atoms with Crippen LogP contribution in [0, 0.1) is 17.8 Å². The first kappa shape index (κ1) is 15.8. The van der Waals surface area contributed by atoms with Crippen molar-refractivity contribution in [2.75, 3.05) is 0 Å². The molecule has 0 spiro atoms. The summed E-state index contributed by atoms with van der Waals surface area (Å²) in [6.07, 6.45) is 8.69. The van der Waals surface area contributed by atoms with Crippen LogP contribution < -0.4 is 0 Å². The zero-order chi connectivity index (χ0) is 14.5. The molecule has 2 rings (SSSR count). The lowest BCUT2D eigenvalue weighted by Crippen LogP contribution is -2.30. The fourth-order valence-corrected chi connectivity index (χ4v) is 3.69. The van der Waals surface area contributed by atoms with Gasteiger partial charge in [-0.15, -0.1) is 0 Å². The molecule has 0 aromatic carbocycles. The maximum atomic E-state index is 12.2. The second-order valence-electron chi connectivity index (χ2n) is 6.34. The van der Waals surface area contributed by atoms with Gasteiger partial charge in [-0.05, 0) is 68.9 Å². The molecule has 0 aromatic rings. The topological polar surface area (TPSA) is 43.4 Å². The number of ether oxygens (including phenoxy) is 1. The highest BCUT2D eigenvalue weighted by molar-refractivity contribution is 6.63. The Hall–Kier alpha value is -0.570. The van der Waals surface area contributed by atoms with Crippen LogP contribution in [0.4, 0.5) is 0 Å². The lowest BCUT2D eigenvalue weighted by atomic mass is 9.82. The highest BCUT2D eigenvalue weighted by Crippen LogP contribution is 2.33. The van der Waals surface area contributed by atoms with Gasteiger partial charge in [-0.25, -0.2) is 0 Å². The third kappa shape index (κ3) is 4.21. The smallest absolute Gasteiger partial charge is 0.309 e. The van der Waals surface area contributed by atoms with Gasteiger partial charge in [0.1, 0.15) is 6.10 Å². The average molecular weight is 301 g/mol. The summed E-state index contributed by atoms with van der Waals surface area (Å²) in [7, 11) is 0. The van der Waals surface area contributed by atoms with E-state index >= 15 is 0 Å². The summed E-state index contributed by atoms with van der Waals surface area (Å²) in [4.78, 5) is 23.3. The van der Waals surface area contributed by atoms with Gasteiger partial charge in [-0.2, -0.15) is 0 Å². The van der Waals surface area contributed by atoms with E-state index in [0.717, 1.165) is 44.4 Å². The maximum absolute atomic E-state index is 12.2. The first-order valence-electron chi connectivity index (χ1n) is 8.00. The Morgan fingerprint density at radius 2 is 1.50 bits per heavy atom. The molecule has 0 heterocycles. The van der Waals surface area contributed by atoms with Gasteiger partial charge >= 0.3 is 5.97 Å². The van der Waals surface area contributed by atoms with Gasteiger partial charge in [0.05, 0.1) is 5.92 Å². The van der Waals surface area contributed by atoms with E-state index in [1.54, 1.807) is 0 Å². The van der Waals surface area contributed by atoms with Crippen LogP contribution in [-0.2, 0) is 14.3 Å². The summed E-state index contributed by atoms with van der Waals surface area (Å²) in [6, 6.07) is 0. The van der Waals surface area contributed by atoms with Gasteiger partial charge < -0.3 is 4.74 Å². The van der Waals surface area contributed by atoms with Crippen LogP contribution in [0.2, 0.25) is 0 Å². The van der Waals surface area contributed by atoms with E-state index in [0.29, 0.717) is 0 Å². The van der Waals surface area contributed by atoms with Crippen molar-refractivity contribution in [2.24, 2.45) is 17.8 Å². The number of carbonyl (C=O) groups excluding carboxylic acids is 2. The van der Waals surface area contributed by atoms with E-state index in [-0.39, 0.29) is 29.2 Å². The van der Waals surface area contributed by atoms with E-state index in [4.69, 9.17) is 16.3 Å². The molecular formula is C16H25ClO3. The number of halogens is 1. The van der Waals surface area contributed by atoms with E-state index in [1.165, 1.54) is 19.3 Å². The van der Waals surface area contributed by atoms with Crippen LogP contribution in [0.15, 0.2) is 0 Å². The Morgan fingerprint density at radius 1 is 0.950 bits per heavy atom. The monoisotopic (exact) mass is 300 g/mol. The van der Waals surface area contributed by atoms with Crippen molar-refractivity contribution in [1.82, 2.24) is 0 Å². The van der Waals surface area contributed by atoms with Crippen LogP contribution in [0.5, 0.6) is 0 Å². The molecule has 0 atom stereocenters. The Kier molecular flexibility index (Phi) is 5.88. The normalized spacial score (nSPS) is 34.5. The molecule has 0 aromatic heterocycles. The van der Waals surface area contributed by atoms with E-state index in [2.05, 4.69) is 6.92 Å². The zero-order valence-electron chi connectivity index (χ0n) is 12.3. The Bertz CT molecular complexity index is 340. The minimum atomic E-state index is -0.255. The maximum Gasteiger partial charge on any atom is 0.309 e. The molecule has 2 aliphatic carbocycles. The molecule has 0 unspecified atom stereocenters. The average Bonchev–Trinajstić information content (AvgIpc) is 2.48. The molecule has 20 heavy (non-hydrogen) atoms. The van der Waals surface area contributed by atoms with Gasteiger partial charge in [0.15, 0.2) is 0 Å². The second-order valence-corrected chi connectivity index (χ2v) is 6.71. The first-order valence-corrected chi connectivity index (χ1v) is 8.37. The van der Waals surface area contributed by atoms with Crippen LogP contribution in [0.1, 0.15) is 64.7 Å². The number of rotatable bonds is 4. The molecule has 0 radical (unpaired) electrons. The highest BCUT2D eigenvalue weighted by Gasteiger charge is 2.32. The van der Waals surface area contributed by atoms with Crippen LogP contribution in [0.3, 0.4) is 0 Å². The first-order chi connectivity index (χ1) is 9.60. The second kappa shape index (κ2) is 7.44. The minimum absolute atomic E-state index is 0.0221. The number of hydrogen-bond acceptors (Lipinski definition) is 3. The van der Waals surface area contributed by atoms with Crippen molar-refractivity contribution in [3.8, 4) is 0 Å². The summed E-state index contributed by atoms with van der Waals surface area (Å²) in [5.74, 6) is 0.687. The third-order valence-electron chi connectivity index (χ3n) is 5.04. The molecular weight excluding hydrogens is 276 g/mol. The van der Waals surface area contributed by atoms with E-state index < -0.39 is 0 Å². The molecule has 3 nitrogen and oxygen atoms in total. The lowest BCUT2D eigenvalue weighted by molar-refractivity contribution is -0.157. The molecule has 0 amide bonds. The predicted molar refractivity (Wildman–Crippen MR) is 78.4 cm³/mol. The third-order valence-corrected chi connectivity index (χ3v) is 5.34. The van der Waals surface area contributed by atoms with Gasteiger partial charge in [0, 0.05) is 5.92 Å². The molecule has 0 aliphatic heterocycles. The summed E-state index contributed by atoms with van der Waals surface area (Å²) in [6.45, 7) is 2.23. The number of hydrogen-bond donors (Lipinski definition) is 0. The molecule has 114 valence electrons. The van der Waals surface area contributed by atoms with Gasteiger partial charge in [-0.1, -0.05) is 13.3 Å². The fourth-order valence-electron chi connectivity index (χ4n) is 3.47. The summed E-state index contributed by atoms with van der Waals surface area (Å²) in [5, 5.41) is -0.255. The van der Waals surface area contributed by atoms with E-state index in [1.807, 2.05) is 0 Å². The number of carbonyl (C=O) groups is 2. The number of esters is 1. The van der Waals surface area contributed by atoms with E-state index in [9.17, 15) is 9.59 Å². The van der Waals surface area contributed by atoms with Crippen molar-refractivity contribution in [3.63, 3.8) is 0 Å². The predicted octanol–water partition coefficient (Wildman–Crippen LogP) is 4.07. The minimum Gasteiger partial charge on any atom is -0.462 e. The quantitative estimate of drug-likeness (QED) is 0.580. The zero-order valence-corrected chi connectivity index (χ0v) is 13.0. The molecule has 0 bridgehead atoms. The highest BCUT2D eigenvalue weighted by atomic mass is 35.5. The molecule has 0 N–H and O–H groups in total. The van der Waals surface area contributed by atoms with Crippen LogP contribution in [0.25, 0.3) is 0 Å². The Morgan fingerprint density at radius 3 is 2.00 bits per heavy atom. The standard InChI is InChI=1S/C16H25ClO3/c1-2-11-3-9-14(10-4-11)20-16(19)13-7-5-12(6-8-13)15(17)18/h11-14H,2-10H2,1H3. The van der Waals surface area contributed by atoms with Gasteiger partial charge in [-0.3, -0.25) is 9.59 Å². The SMILES string of the molecule is CCC1CCC(OC(=O)C2CCC(C(=O)Cl)CC2)CC1. The molecule has 0 saturated heterocycles. The lowest BCUT2D eigenvalue weighted by Gasteiger charge is -2.30. The van der Waals surface area contributed by atoms with Crippen molar-refractivity contribution in [2.45, 2.75) is 70.8 Å². The summed E-state index contributed by atoms with van der Waals surface area (Å²) >= 11 is 5.51. The van der Waals surface area contributed by atoms with Crippen molar-refractivity contribution in [3.05, 3.63) is 0 Å². The van der Waals surface area contributed by atoms with Crippen molar-refractivity contribution < 1.29 is 14.3 Å². The van der Waals surface area contributed by atoms with Crippen molar-refractivity contribution >= 4 is 22.8 Å². The van der Waals surface area contributed by atoms with Crippen LogP contribution in [-0.4, -0.2) is 17.3 Å². The summed E-state index contributed by atoms with van der Waals surface area (Å²) in [5.41, 5.74) is 0. The molecule has 4 heteroatoms. The fraction of sp³-hybridized carbons (Fsp3) is 0.875. The Balaban J connectivity index is 1.72. The summed E-state index contributed by atoms with van der Waals surface area (Å²) < 4.78 is 5.66.